The van der Waals surface area contributed by atoms with Gasteiger partial charge in [0.25, 0.3) is 0 Å². The Morgan fingerprint density at radius 1 is 1.10 bits per heavy atom. The molecule has 0 atom stereocenters. The molecule has 1 aliphatic heterocycles. The number of nitrogens with zero attached hydrogens (tertiary/aromatic N) is 9. The summed E-state index contributed by atoms with van der Waals surface area (Å²) in [5.41, 5.74) is 5.60. The number of amides is 1. The van der Waals surface area contributed by atoms with E-state index >= 15 is 4.39 Å². The highest BCUT2D eigenvalue weighted by molar-refractivity contribution is 8.03. The van der Waals surface area contributed by atoms with E-state index in [9.17, 15) is 9.59 Å². The molecular weight excluding hydrogens is 774 g/mol. The minimum atomic E-state index is -0.386. The first-order valence-corrected chi connectivity index (χ1v) is 20.4. The third-order valence-corrected chi connectivity index (χ3v) is 10.9. The average molecular weight is 822 g/mol. The number of hydrogen-bond acceptors (Lipinski definition) is 13. The van der Waals surface area contributed by atoms with Crippen LogP contribution >= 0.6 is 11.8 Å². The Bertz CT molecular complexity index is 2450. The summed E-state index contributed by atoms with van der Waals surface area (Å²) in [5.74, 6) is 1.64. The molecule has 0 radical (unpaired) electrons. The van der Waals surface area contributed by atoms with Crippen molar-refractivity contribution in [3.8, 4) is 17.0 Å². The number of benzene rings is 1. The van der Waals surface area contributed by atoms with Gasteiger partial charge in [-0.05, 0) is 89.0 Å². The first-order valence-electron chi connectivity index (χ1n) is 19.6. The maximum Gasteiger partial charge on any atom is 0.247 e. The van der Waals surface area contributed by atoms with Gasteiger partial charge in [0.2, 0.25) is 18.0 Å². The van der Waals surface area contributed by atoms with Crippen LogP contribution in [0.3, 0.4) is 0 Å². The number of allylic oxidation sites excluding steroid dienone is 2. The standard InChI is InChI=1S/C37H41FN12OS.C4H7NO2/c1-22(2)51-33-32(25-18-41-42-19-25)40-21-50-36(33)45-37(47-50)44-31-10-8-27(17-29(31)38)52-26-7-5-6-23(16-26)20-49-14-12-24(13-15-49)30-11-9-28-34(39-3)46-48(4)35(28)43-30;6-3-1-2-5-4-7/h7-11,16-19,21-22,24H,5-6,12-15,20H2,1-4H3,(H,39,46)(H,41,42)(H,44,47);3-4H,1-2H2,(H,5,7). The Morgan fingerprint density at radius 2 is 1.95 bits per heavy atom. The molecule has 0 bridgehead atoms. The van der Waals surface area contributed by atoms with E-state index < -0.39 is 0 Å². The van der Waals surface area contributed by atoms with E-state index in [4.69, 9.17) is 9.72 Å². The van der Waals surface area contributed by atoms with Crippen molar-refractivity contribution >= 4 is 58.6 Å². The highest BCUT2D eigenvalue weighted by Gasteiger charge is 2.24. The Morgan fingerprint density at radius 3 is 2.68 bits per heavy atom. The minimum absolute atomic E-state index is 0.123. The number of pyridine rings is 1. The van der Waals surface area contributed by atoms with Gasteiger partial charge in [-0.2, -0.15) is 19.7 Å². The lowest BCUT2D eigenvalue weighted by atomic mass is 9.92. The highest BCUT2D eigenvalue weighted by Crippen LogP contribution is 2.36. The maximum absolute atomic E-state index is 15.5. The predicted molar refractivity (Wildman–Crippen MR) is 226 cm³/mol. The Kier molecular flexibility index (Phi) is 13.3. The Labute approximate surface area is 345 Å². The van der Waals surface area contributed by atoms with E-state index in [0.717, 1.165) is 89.5 Å². The number of carbonyl (C=O) groups is 2. The fourth-order valence-corrected chi connectivity index (χ4v) is 8.09. The summed E-state index contributed by atoms with van der Waals surface area (Å²) >= 11 is 1.58. The van der Waals surface area contributed by atoms with Crippen LogP contribution in [0, 0.1) is 5.82 Å². The number of thioether (sulfide) groups is 1. The lowest BCUT2D eigenvalue weighted by Gasteiger charge is -2.32. The van der Waals surface area contributed by atoms with Crippen LogP contribution in [0.15, 0.2) is 76.6 Å². The number of fused-ring (bicyclic) bond motifs is 2. The van der Waals surface area contributed by atoms with E-state index in [1.807, 2.05) is 38.7 Å². The quantitative estimate of drug-likeness (QED) is 0.0659. The number of aromatic nitrogens is 9. The van der Waals surface area contributed by atoms with Crippen LogP contribution in [-0.2, 0) is 16.6 Å². The molecule has 0 saturated carbocycles. The molecule has 59 heavy (non-hydrogen) atoms. The monoisotopic (exact) mass is 821 g/mol. The van der Waals surface area contributed by atoms with Gasteiger partial charge in [-0.15, -0.1) is 5.10 Å². The third-order valence-electron chi connectivity index (χ3n) is 9.92. The van der Waals surface area contributed by atoms with Crippen LogP contribution in [0.2, 0.25) is 0 Å². The molecule has 0 spiro atoms. The first kappa shape index (κ1) is 41.0. The number of aromatic amines is 1. The minimum Gasteiger partial charge on any atom is -0.485 e. The number of piperidine rings is 1. The molecule has 18 heteroatoms. The van der Waals surface area contributed by atoms with Gasteiger partial charge in [-0.25, -0.2) is 19.0 Å². The molecule has 16 nitrogen and oxygen atoms in total. The largest absolute Gasteiger partial charge is 0.485 e. The smallest absolute Gasteiger partial charge is 0.247 e. The van der Waals surface area contributed by atoms with Gasteiger partial charge < -0.3 is 25.5 Å². The molecule has 8 rings (SSSR count). The molecule has 1 aliphatic carbocycles. The lowest BCUT2D eigenvalue weighted by Crippen LogP contribution is -2.34. The zero-order valence-corrected chi connectivity index (χ0v) is 34.3. The number of carbonyl (C=O) groups excluding carboxylic acids is 2. The van der Waals surface area contributed by atoms with E-state index in [-0.39, 0.29) is 23.6 Å². The van der Waals surface area contributed by atoms with E-state index in [1.54, 1.807) is 42.6 Å². The van der Waals surface area contributed by atoms with Crippen molar-refractivity contribution in [3.63, 3.8) is 0 Å². The number of anilines is 3. The second-order valence-electron chi connectivity index (χ2n) is 14.5. The summed E-state index contributed by atoms with van der Waals surface area (Å²) in [7, 11) is 3.84. The maximum atomic E-state index is 15.5. The topological polar surface area (TPSA) is 185 Å². The second kappa shape index (κ2) is 19.1. The normalized spacial score (nSPS) is 14.7. The summed E-state index contributed by atoms with van der Waals surface area (Å²) < 4.78 is 24.9. The van der Waals surface area contributed by atoms with Gasteiger partial charge in [0, 0.05) is 66.8 Å². The highest BCUT2D eigenvalue weighted by atomic mass is 32.2. The summed E-state index contributed by atoms with van der Waals surface area (Å²) in [6.07, 6.45) is 15.3. The predicted octanol–water partition coefficient (Wildman–Crippen LogP) is 6.40. The second-order valence-corrected chi connectivity index (χ2v) is 15.7. The van der Waals surface area contributed by atoms with Crippen molar-refractivity contribution in [1.82, 2.24) is 54.8 Å². The van der Waals surface area contributed by atoms with Crippen LogP contribution in [0.25, 0.3) is 27.9 Å². The Balaban J connectivity index is 0.000000694. The lowest BCUT2D eigenvalue weighted by molar-refractivity contribution is -0.110. The fraction of sp³-hybridized carbons (Fsp3) is 0.366. The van der Waals surface area contributed by atoms with Crippen molar-refractivity contribution in [1.29, 1.82) is 0 Å². The summed E-state index contributed by atoms with van der Waals surface area (Å²) in [6.45, 7) is 7.34. The number of aldehydes is 1. The molecule has 0 unspecified atom stereocenters. The van der Waals surface area contributed by atoms with Crippen LogP contribution in [0.4, 0.5) is 21.8 Å². The number of ether oxygens (including phenoxy) is 1. The van der Waals surface area contributed by atoms with Crippen molar-refractivity contribution in [2.45, 2.75) is 62.9 Å². The van der Waals surface area contributed by atoms with Crippen molar-refractivity contribution in [2.75, 3.05) is 43.9 Å². The van der Waals surface area contributed by atoms with Gasteiger partial charge in [0.1, 0.15) is 24.1 Å². The number of halogens is 1. The number of rotatable bonds is 15. The van der Waals surface area contributed by atoms with Gasteiger partial charge in [-0.3, -0.25) is 14.8 Å². The third kappa shape index (κ3) is 9.94. The average Bonchev–Trinajstić information content (AvgIpc) is 3.99. The van der Waals surface area contributed by atoms with Gasteiger partial charge in [0.05, 0.1) is 23.4 Å². The number of likely N-dealkylation sites (tertiary alicyclic amines) is 1. The van der Waals surface area contributed by atoms with Crippen LogP contribution in [0.5, 0.6) is 5.75 Å². The molecule has 1 saturated heterocycles. The van der Waals surface area contributed by atoms with E-state index in [2.05, 4.69) is 75.5 Å². The molecular formula is C41H48FN13O3S. The molecule has 1 fully saturated rings. The van der Waals surface area contributed by atoms with Gasteiger partial charge in [-0.1, -0.05) is 23.4 Å². The van der Waals surface area contributed by atoms with Gasteiger partial charge >= 0.3 is 0 Å². The molecule has 308 valence electrons. The zero-order chi connectivity index (χ0) is 41.3. The van der Waals surface area contributed by atoms with Gasteiger partial charge in [0.15, 0.2) is 17.2 Å². The fourth-order valence-electron chi connectivity index (χ4n) is 7.10. The summed E-state index contributed by atoms with van der Waals surface area (Å²) in [4.78, 5) is 37.7. The molecule has 1 amide bonds. The van der Waals surface area contributed by atoms with Crippen LogP contribution < -0.4 is 20.7 Å². The van der Waals surface area contributed by atoms with Crippen molar-refractivity contribution in [2.24, 2.45) is 7.05 Å². The summed E-state index contributed by atoms with van der Waals surface area (Å²) in [6, 6.07) is 9.51. The number of hydrogen-bond donors (Lipinski definition) is 4. The van der Waals surface area contributed by atoms with Crippen LogP contribution in [-0.4, -0.2) is 101 Å². The number of nitrogens with one attached hydrogen (secondary N) is 4. The van der Waals surface area contributed by atoms with E-state index in [1.165, 1.54) is 10.1 Å². The molecule has 5 aromatic heterocycles. The molecule has 4 N–H and O–H groups in total. The van der Waals surface area contributed by atoms with Crippen LogP contribution in [0.1, 0.15) is 57.6 Å². The first-order chi connectivity index (χ1) is 28.7. The molecule has 1 aromatic carbocycles. The summed E-state index contributed by atoms with van der Waals surface area (Å²) in [5, 5.41) is 25.4. The number of aryl methyl sites for hydroxylation is 1. The SMILES string of the molecule is CNc1nn(C)c2nc(C3CCN(CC4=CC(Sc5ccc(Nc6nc7c(OC(C)C)c(-c8cn[nH]c8)ncn7n6)c(F)c5)=CCC4)CC3)ccc12.O=CCCNC=O. The van der Waals surface area contributed by atoms with Crippen molar-refractivity contribution in [3.05, 3.63) is 83.2 Å². The number of H-pyrrole nitrogens is 1. The molecule has 6 heterocycles. The Hall–Kier alpha value is -6.14. The van der Waals surface area contributed by atoms with E-state index in [0.29, 0.717) is 42.4 Å². The van der Waals surface area contributed by atoms with Crippen molar-refractivity contribution < 1.29 is 18.7 Å². The molecule has 2 aliphatic rings. The molecule has 6 aromatic rings. The zero-order valence-electron chi connectivity index (χ0n) is 33.5.